The average Bonchev–Trinajstić information content (AvgIpc) is 2.50. The first-order chi connectivity index (χ1) is 5.40. The summed E-state index contributed by atoms with van der Waals surface area (Å²) in [5, 5.41) is 2.01. The molecule has 3 heteroatoms. The van der Waals surface area contributed by atoms with E-state index >= 15 is 0 Å². The molecule has 0 radical (unpaired) electrons. The first kappa shape index (κ1) is 6.49. The van der Waals surface area contributed by atoms with E-state index in [4.69, 9.17) is 0 Å². The number of hydrogen-bond acceptors (Lipinski definition) is 3. The maximum atomic E-state index is 4.23. The van der Waals surface area contributed by atoms with Gasteiger partial charge in [0.05, 0.1) is 10.2 Å². The quantitative estimate of drug-likeness (QED) is 0.643. The fraction of sp³-hybridized carbons (Fsp3) is 0. The molecular weight excluding hydrogens is 156 g/mol. The topological polar surface area (TPSA) is 25.8 Å². The van der Waals surface area contributed by atoms with Crippen molar-refractivity contribution in [3.05, 3.63) is 30.0 Å². The van der Waals surface area contributed by atoms with Crippen molar-refractivity contribution in [3.8, 4) is 0 Å². The molecule has 0 amide bonds. The lowest BCUT2D eigenvalue weighted by Gasteiger charge is -1.89. The molecule has 0 unspecified atom stereocenters. The molecule has 0 atom stereocenters. The second-order valence-corrected chi connectivity index (χ2v) is 3.05. The minimum Gasteiger partial charge on any atom is -0.236 e. The molecule has 0 aliphatic heterocycles. The van der Waals surface area contributed by atoms with E-state index in [-0.39, 0.29) is 0 Å². The molecule has 11 heavy (non-hydrogen) atoms. The molecule has 0 aromatic carbocycles. The van der Waals surface area contributed by atoms with Gasteiger partial charge in [0.1, 0.15) is 0 Å². The first-order valence-corrected chi connectivity index (χ1v) is 4.11. The average molecular weight is 162 g/mol. The van der Waals surface area contributed by atoms with Crippen LogP contribution in [0.3, 0.4) is 0 Å². The van der Waals surface area contributed by atoms with Crippen molar-refractivity contribution in [2.75, 3.05) is 0 Å². The van der Waals surface area contributed by atoms with Crippen molar-refractivity contribution in [1.29, 1.82) is 0 Å². The third-order valence-electron chi connectivity index (χ3n) is 1.41. The summed E-state index contributed by atoms with van der Waals surface area (Å²) in [5.74, 6) is 0.691. The highest BCUT2D eigenvalue weighted by Crippen LogP contribution is 2.17. The van der Waals surface area contributed by atoms with Gasteiger partial charge in [-0.1, -0.05) is 6.58 Å². The van der Waals surface area contributed by atoms with Crippen LogP contribution < -0.4 is 0 Å². The summed E-state index contributed by atoms with van der Waals surface area (Å²) in [6.07, 6.45) is 3.47. The van der Waals surface area contributed by atoms with E-state index in [1.807, 2.05) is 17.6 Å². The lowest BCUT2D eigenvalue weighted by Crippen LogP contribution is -1.83. The Bertz CT molecular complexity index is 392. The van der Waals surface area contributed by atoms with Crippen molar-refractivity contribution in [2.24, 2.45) is 0 Å². The van der Waals surface area contributed by atoms with Crippen LogP contribution in [0.5, 0.6) is 0 Å². The lowest BCUT2D eigenvalue weighted by atomic mass is 10.4. The van der Waals surface area contributed by atoms with Gasteiger partial charge in [0, 0.05) is 6.20 Å². The molecule has 0 bridgehead atoms. The molecule has 0 aliphatic carbocycles. The number of thiophene rings is 1. The summed E-state index contributed by atoms with van der Waals surface area (Å²) in [7, 11) is 0. The number of fused-ring (bicyclic) bond motifs is 1. The van der Waals surface area contributed by atoms with E-state index < -0.39 is 0 Å². The predicted octanol–water partition coefficient (Wildman–Crippen LogP) is 2.33. The summed E-state index contributed by atoms with van der Waals surface area (Å²) >= 11 is 1.65. The monoisotopic (exact) mass is 162 g/mol. The molecule has 2 heterocycles. The zero-order chi connectivity index (χ0) is 7.68. The highest BCUT2D eigenvalue weighted by Gasteiger charge is 1.95. The fourth-order valence-corrected chi connectivity index (χ4v) is 1.57. The molecule has 0 saturated carbocycles. The third kappa shape index (κ3) is 1.03. The van der Waals surface area contributed by atoms with Crippen LogP contribution in [0.4, 0.5) is 0 Å². The molecule has 2 aromatic heterocycles. The number of aromatic nitrogens is 2. The maximum Gasteiger partial charge on any atom is 0.151 e. The number of nitrogens with zero attached hydrogens (tertiary/aromatic N) is 2. The van der Waals surface area contributed by atoms with E-state index in [1.54, 1.807) is 17.4 Å². The molecule has 54 valence electrons. The second-order valence-electron chi connectivity index (χ2n) is 2.10. The van der Waals surface area contributed by atoms with E-state index in [0.717, 1.165) is 10.2 Å². The van der Waals surface area contributed by atoms with Crippen LogP contribution in [0, 0.1) is 0 Å². The van der Waals surface area contributed by atoms with Crippen molar-refractivity contribution < 1.29 is 0 Å². The number of rotatable bonds is 1. The molecule has 2 nitrogen and oxygen atoms in total. The van der Waals surface area contributed by atoms with Gasteiger partial charge in [0.15, 0.2) is 5.82 Å². The van der Waals surface area contributed by atoms with Crippen LogP contribution >= 0.6 is 11.3 Å². The van der Waals surface area contributed by atoms with Gasteiger partial charge in [-0.05, 0) is 17.5 Å². The van der Waals surface area contributed by atoms with Crippen LogP contribution in [0.1, 0.15) is 5.82 Å². The van der Waals surface area contributed by atoms with Gasteiger partial charge in [0.25, 0.3) is 0 Å². The van der Waals surface area contributed by atoms with Crippen molar-refractivity contribution >= 4 is 27.6 Å². The molecular formula is C8H6N2S. The molecule has 0 saturated heterocycles. The number of hydrogen-bond donors (Lipinski definition) is 0. The van der Waals surface area contributed by atoms with E-state index in [2.05, 4.69) is 16.5 Å². The second kappa shape index (κ2) is 2.43. The van der Waals surface area contributed by atoms with Crippen molar-refractivity contribution in [3.63, 3.8) is 0 Å². The van der Waals surface area contributed by atoms with E-state index in [9.17, 15) is 0 Å². The van der Waals surface area contributed by atoms with Gasteiger partial charge in [-0.3, -0.25) is 0 Å². The van der Waals surface area contributed by atoms with Crippen LogP contribution in [-0.2, 0) is 0 Å². The summed E-state index contributed by atoms with van der Waals surface area (Å²) in [4.78, 5) is 8.31. The Morgan fingerprint density at radius 3 is 3.27 bits per heavy atom. The van der Waals surface area contributed by atoms with Gasteiger partial charge in [-0.25, -0.2) is 9.97 Å². The van der Waals surface area contributed by atoms with Gasteiger partial charge >= 0.3 is 0 Å². The highest BCUT2D eigenvalue weighted by molar-refractivity contribution is 7.17. The fourth-order valence-electron chi connectivity index (χ4n) is 0.879. The predicted molar refractivity (Wildman–Crippen MR) is 47.5 cm³/mol. The Morgan fingerprint density at radius 2 is 2.45 bits per heavy atom. The summed E-state index contributed by atoms with van der Waals surface area (Å²) in [6.45, 7) is 3.60. The van der Waals surface area contributed by atoms with E-state index in [0.29, 0.717) is 5.82 Å². The van der Waals surface area contributed by atoms with Crippen molar-refractivity contribution in [2.45, 2.75) is 0 Å². The minimum atomic E-state index is 0.691. The van der Waals surface area contributed by atoms with Gasteiger partial charge in [-0.2, -0.15) is 0 Å². The van der Waals surface area contributed by atoms with Gasteiger partial charge < -0.3 is 0 Å². The highest BCUT2D eigenvalue weighted by atomic mass is 32.1. The molecule has 0 aliphatic rings. The third-order valence-corrected chi connectivity index (χ3v) is 2.25. The zero-order valence-electron chi connectivity index (χ0n) is 5.82. The largest absolute Gasteiger partial charge is 0.236 e. The molecule has 0 fully saturated rings. The molecule has 2 rings (SSSR count). The Balaban J connectivity index is 2.76. The van der Waals surface area contributed by atoms with Crippen LogP contribution in [0.15, 0.2) is 24.2 Å². The van der Waals surface area contributed by atoms with Crippen molar-refractivity contribution in [1.82, 2.24) is 9.97 Å². The standard InChI is InChI=1S/C8H6N2S/c1-2-8-9-5-7-6(10-8)3-4-11-7/h2-5H,1H2. The van der Waals surface area contributed by atoms with Crippen LogP contribution in [-0.4, -0.2) is 9.97 Å². The Hall–Kier alpha value is -1.22. The normalized spacial score (nSPS) is 10.2. The summed E-state index contributed by atoms with van der Waals surface area (Å²) < 4.78 is 1.12. The first-order valence-electron chi connectivity index (χ1n) is 3.23. The Labute approximate surface area is 68.2 Å². The molecule has 2 aromatic rings. The maximum absolute atomic E-state index is 4.23. The van der Waals surface area contributed by atoms with Gasteiger partial charge in [0.2, 0.25) is 0 Å². The SMILES string of the molecule is C=Cc1ncc2sccc2n1. The summed E-state index contributed by atoms with van der Waals surface area (Å²) in [6, 6.07) is 1.98. The van der Waals surface area contributed by atoms with Crippen LogP contribution in [0.25, 0.3) is 16.3 Å². The minimum absolute atomic E-state index is 0.691. The smallest absolute Gasteiger partial charge is 0.151 e. The van der Waals surface area contributed by atoms with E-state index in [1.165, 1.54) is 0 Å². The Morgan fingerprint density at radius 1 is 1.55 bits per heavy atom. The summed E-state index contributed by atoms with van der Waals surface area (Å²) in [5.41, 5.74) is 1.000. The Kier molecular flexibility index (Phi) is 1.43. The van der Waals surface area contributed by atoms with Crippen LogP contribution in [0.2, 0.25) is 0 Å². The zero-order valence-corrected chi connectivity index (χ0v) is 6.64. The van der Waals surface area contributed by atoms with Gasteiger partial charge in [-0.15, -0.1) is 11.3 Å². The molecule has 0 spiro atoms. The molecule has 0 N–H and O–H groups in total. The lowest BCUT2D eigenvalue weighted by molar-refractivity contribution is 1.19.